The highest BCUT2D eigenvalue weighted by Crippen LogP contribution is 2.57. The van der Waals surface area contributed by atoms with Crippen LogP contribution in [0.25, 0.3) is 0 Å². The van der Waals surface area contributed by atoms with Gasteiger partial charge in [-0.1, -0.05) is 0 Å². The molecule has 2 heterocycles. The van der Waals surface area contributed by atoms with Crippen LogP contribution >= 0.6 is 0 Å². The smallest absolute Gasteiger partial charge is 0.222 e. The average molecular weight is 454 g/mol. The Balaban J connectivity index is 1.74. The molecular formula is C24H26N2O7. The van der Waals surface area contributed by atoms with Gasteiger partial charge >= 0.3 is 0 Å². The summed E-state index contributed by atoms with van der Waals surface area (Å²) in [5.74, 6) is -2.47. The Morgan fingerprint density at radius 3 is 2.52 bits per heavy atom. The number of carbonyl (C=O) groups excluding carboxylic acids is 4. The van der Waals surface area contributed by atoms with Crippen LogP contribution in [0.4, 0.5) is 0 Å². The van der Waals surface area contributed by atoms with Gasteiger partial charge in [-0.15, -0.1) is 0 Å². The zero-order chi connectivity index (χ0) is 24.2. The summed E-state index contributed by atoms with van der Waals surface area (Å²) < 4.78 is 5.74. The number of rotatable bonds is 5. The molecule has 4 rings (SSSR count). The van der Waals surface area contributed by atoms with E-state index in [-0.39, 0.29) is 45.4 Å². The first-order valence-corrected chi connectivity index (χ1v) is 10.8. The van der Waals surface area contributed by atoms with Gasteiger partial charge in [0.1, 0.15) is 34.0 Å². The number of aromatic hydroxyl groups is 2. The Kier molecular flexibility index (Phi) is 5.30. The molecule has 1 amide bonds. The largest absolute Gasteiger partial charge is 0.507 e. The summed E-state index contributed by atoms with van der Waals surface area (Å²) in [4.78, 5) is 52.3. The molecule has 1 aromatic rings. The van der Waals surface area contributed by atoms with E-state index in [2.05, 4.69) is 5.32 Å². The van der Waals surface area contributed by atoms with Crippen molar-refractivity contribution in [3.8, 4) is 17.2 Å². The number of Topliss-reactive ketones (excluding diaryl/α,β-unsaturated/α-hetero) is 2. The van der Waals surface area contributed by atoms with E-state index in [9.17, 15) is 29.4 Å². The molecule has 3 N–H and O–H groups in total. The third-order valence-electron chi connectivity index (χ3n) is 6.70. The minimum Gasteiger partial charge on any atom is -0.507 e. The number of phenols is 2. The van der Waals surface area contributed by atoms with Crippen molar-refractivity contribution in [2.75, 3.05) is 19.6 Å². The van der Waals surface area contributed by atoms with E-state index < -0.39 is 28.5 Å². The number of likely N-dealkylation sites (tertiary alicyclic amines) is 1. The Morgan fingerprint density at radius 1 is 1.21 bits per heavy atom. The summed E-state index contributed by atoms with van der Waals surface area (Å²) in [5, 5.41) is 24.3. The fourth-order valence-corrected chi connectivity index (χ4v) is 4.77. The molecule has 0 radical (unpaired) electrons. The van der Waals surface area contributed by atoms with Gasteiger partial charge in [0.15, 0.2) is 17.3 Å². The Morgan fingerprint density at radius 2 is 1.91 bits per heavy atom. The molecular weight excluding hydrogens is 428 g/mol. The van der Waals surface area contributed by atoms with Crippen molar-refractivity contribution in [1.82, 2.24) is 10.2 Å². The summed E-state index contributed by atoms with van der Waals surface area (Å²) in [6, 6.07) is 0. The van der Waals surface area contributed by atoms with E-state index >= 15 is 0 Å². The molecule has 33 heavy (non-hydrogen) atoms. The minimum atomic E-state index is -1.54. The Hall–Kier alpha value is -3.62. The van der Waals surface area contributed by atoms with E-state index in [1.807, 2.05) is 0 Å². The molecule has 9 nitrogen and oxygen atoms in total. The first-order chi connectivity index (χ1) is 15.5. The molecule has 3 aliphatic rings. The van der Waals surface area contributed by atoms with Gasteiger partial charge in [0.25, 0.3) is 0 Å². The van der Waals surface area contributed by atoms with E-state index in [1.165, 1.54) is 26.8 Å². The van der Waals surface area contributed by atoms with Crippen molar-refractivity contribution in [3.63, 3.8) is 0 Å². The third-order valence-corrected chi connectivity index (χ3v) is 6.70. The van der Waals surface area contributed by atoms with E-state index in [0.29, 0.717) is 31.8 Å². The van der Waals surface area contributed by atoms with Gasteiger partial charge in [0.2, 0.25) is 5.91 Å². The zero-order valence-corrected chi connectivity index (χ0v) is 19.0. The quantitative estimate of drug-likeness (QED) is 0.348. The molecule has 0 unspecified atom stereocenters. The van der Waals surface area contributed by atoms with Crippen LogP contribution in [0.3, 0.4) is 0 Å². The summed E-state index contributed by atoms with van der Waals surface area (Å²) in [6.45, 7) is 7.33. The average Bonchev–Trinajstić information content (AvgIpc) is 3.27. The lowest BCUT2D eigenvalue weighted by atomic mass is 9.70. The van der Waals surface area contributed by atoms with Crippen molar-refractivity contribution in [2.45, 2.75) is 46.0 Å². The van der Waals surface area contributed by atoms with Gasteiger partial charge in [-0.2, -0.15) is 0 Å². The van der Waals surface area contributed by atoms with Crippen LogP contribution in [0.1, 0.15) is 55.1 Å². The standard InChI is InChI=1S/C24H26N2O7/c1-11-20(30)18(13(3)27)22-19(21(11)31)24(4)15(33-22)10-14(28)17(23(24)32)12(2)25-7-9-26-8-5-6-16(26)29/h10,25,30-31H,5-9H2,1-4H3/t24-/m0/s1. The zero-order valence-electron chi connectivity index (χ0n) is 19.0. The summed E-state index contributed by atoms with van der Waals surface area (Å²) in [7, 11) is 0. The molecule has 174 valence electrons. The molecule has 1 atom stereocenters. The molecule has 0 bridgehead atoms. The molecule has 1 aliphatic carbocycles. The molecule has 1 fully saturated rings. The predicted molar refractivity (Wildman–Crippen MR) is 117 cm³/mol. The van der Waals surface area contributed by atoms with Crippen molar-refractivity contribution in [3.05, 3.63) is 39.8 Å². The second-order valence-electron chi connectivity index (χ2n) is 8.80. The van der Waals surface area contributed by atoms with Crippen LogP contribution in [0.2, 0.25) is 0 Å². The highest BCUT2D eigenvalue weighted by Gasteiger charge is 2.56. The van der Waals surface area contributed by atoms with Crippen molar-refractivity contribution in [2.24, 2.45) is 0 Å². The maximum absolute atomic E-state index is 13.7. The molecule has 2 aliphatic heterocycles. The number of hydrogen-bond donors (Lipinski definition) is 3. The van der Waals surface area contributed by atoms with E-state index in [1.54, 1.807) is 11.8 Å². The van der Waals surface area contributed by atoms with Crippen LogP contribution in [-0.4, -0.2) is 58.0 Å². The minimum absolute atomic E-state index is 0.00508. The number of allylic oxidation sites excluding steroid dienone is 4. The predicted octanol–water partition coefficient (Wildman–Crippen LogP) is 1.78. The van der Waals surface area contributed by atoms with Crippen LogP contribution in [-0.2, 0) is 19.8 Å². The normalized spacial score (nSPS) is 23.2. The first-order valence-electron chi connectivity index (χ1n) is 10.8. The van der Waals surface area contributed by atoms with Gasteiger partial charge in [0.05, 0.1) is 11.1 Å². The summed E-state index contributed by atoms with van der Waals surface area (Å²) in [6.07, 6.45) is 2.53. The number of nitrogens with one attached hydrogen (secondary N) is 1. The maximum atomic E-state index is 13.7. The monoisotopic (exact) mass is 454 g/mol. The van der Waals surface area contributed by atoms with Crippen molar-refractivity contribution < 1.29 is 34.1 Å². The lowest BCUT2D eigenvalue weighted by Gasteiger charge is -2.29. The molecule has 0 spiro atoms. The highest BCUT2D eigenvalue weighted by molar-refractivity contribution is 6.31. The molecule has 1 saturated heterocycles. The van der Waals surface area contributed by atoms with E-state index in [4.69, 9.17) is 4.74 Å². The van der Waals surface area contributed by atoms with Gasteiger partial charge in [-0.05, 0) is 34.1 Å². The van der Waals surface area contributed by atoms with Gasteiger partial charge in [-0.3, -0.25) is 19.2 Å². The van der Waals surface area contributed by atoms with Crippen molar-refractivity contribution >= 4 is 23.3 Å². The lowest BCUT2D eigenvalue weighted by Crippen LogP contribution is -2.41. The highest BCUT2D eigenvalue weighted by atomic mass is 16.5. The molecule has 9 heteroatoms. The fraction of sp³-hybridized carbons (Fsp3) is 0.417. The third kappa shape index (κ3) is 3.21. The number of amides is 1. The topological polar surface area (TPSA) is 133 Å². The number of hydrogen-bond acceptors (Lipinski definition) is 8. The van der Waals surface area contributed by atoms with Crippen LogP contribution in [0.5, 0.6) is 17.2 Å². The van der Waals surface area contributed by atoms with Gasteiger partial charge in [-0.25, -0.2) is 0 Å². The SMILES string of the molecule is CC(=O)c1c(O)c(C)c(O)c2c1OC1=CC(=O)C(=C(C)NCCN3CCCC3=O)C(=O)[C@@]12C. The molecule has 0 aromatic heterocycles. The Bertz CT molecular complexity index is 1190. The maximum Gasteiger partial charge on any atom is 0.222 e. The van der Waals surface area contributed by atoms with Crippen molar-refractivity contribution in [1.29, 1.82) is 0 Å². The summed E-state index contributed by atoms with van der Waals surface area (Å²) >= 11 is 0. The van der Waals surface area contributed by atoms with Crippen LogP contribution in [0, 0.1) is 6.92 Å². The number of fused-ring (bicyclic) bond motifs is 3. The number of nitrogens with zero attached hydrogens (tertiary/aromatic N) is 1. The number of carbonyl (C=O) groups is 4. The Labute approximate surface area is 190 Å². The summed E-state index contributed by atoms with van der Waals surface area (Å²) in [5.41, 5.74) is -1.32. The van der Waals surface area contributed by atoms with Gasteiger partial charge < -0.3 is 25.2 Å². The molecule has 1 aromatic carbocycles. The lowest BCUT2D eigenvalue weighted by molar-refractivity contribution is -0.128. The van der Waals surface area contributed by atoms with Gasteiger partial charge in [0, 0.05) is 43.4 Å². The number of benzene rings is 1. The first kappa shape index (κ1) is 22.6. The second-order valence-corrected chi connectivity index (χ2v) is 8.80. The number of phenolic OH excluding ortho intramolecular Hbond substituents is 2. The number of ether oxygens (including phenoxy) is 1. The number of ketones is 3. The van der Waals surface area contributed by atoms with Crippen LogP contribution in [0.15, 0.2) is 23.1 Å². The molecule has 0 saturated carbocycles. The fourth-order valence-electron chi connectivity index (χ4n) is 4.77. The second kappa shape index (κ2) is 7.75. The van der Waals surface area contributed by atoms with Crippen LogP contribution < -0.4 is 10.1 Å². The van der Waals surface area contributed by atoms with E-state index in [0.717, 1.165) is 6.42 Å².